The summed E-state index contributed by atoms with van der Waals surface area (Å²) in [6, 6.07) is 5.93. The Labute approximate surface area is 135 Å². The van der Waals surface area contributed by atoms with Gasteiger partial charge in [0.2, 0.25) is 0 Å². The maximum atomic E-state index is 13.5. The van der Waals surface area contributed by atoms with Gasteiger partial charge in [0.25, 0.3) is 0 Å². The summed E-state index contributed by atoms with van der Waals surface area (Å²) in [6.45, 7) is 3.96. The van der Waals surface area contributed by atoms with E-state index in [1.165, 1.54) is 12.1 Å². The molecule has 0 saturated heterocycles. The third kappa shape index (κ3) is 2.77. The number of rotatable bonds is 7. The lowest BCUT2D eigenvalue weighted by Crippen LogP contribution is -2.34. The lowest BCUT2D eigenvalue weighted by molar-refractivity contribution is 0.121. The highest BCUT2D eigenvalue weighted by Gasteiger charge is 2.72. The third-order valence-electron chi connectivity index (χ3n) is 4.26. The predicted octanol–water partition coefficient (Wildman–Crippen LogP) is 2.04. The number of thiocarbonyl (C=S) groups is 1. The second-order valence-corrected chi connectivity index (χ2v) is 8.30. The second-order valence-electron chi connectivity index (χ2n) is 5.45. The molecule has 1 aromatic carbocycles. The van der Waals surface area contributed by atoms with Gasteiger partial charge in [-0.1, -0.05) is 31.3 Å². The Kier molecular flexibility index (Phi) is 4.89. The molecule has 0 bridgehead atoms. The quantitative estimate of drug-likeness (QED) is 0.766. The molecule has 7 heteroatoms. The van der Waals surface area contributed by atoms with Gasteiger partial charge >= 0.3 is 0 Å². The Morgan fingerprint density at radius 1 is 1.45 bits per heavy atom. The van der Waals surface area contributed by atoms with Gasteiger partial charge in [-0.2, -0.15) is 0 Å². The Bertz CT molecular complexity index is 677. The van der Waals surface area contributed by atoms with Gasteiger partial charge in [0.15, 0.2) is 9.84 Å². The molecule has 2 N–H and O–H groups in total. The number of hydrogen-bond acceptors (Lipinski definition) is 4. The maximum Gasteiger partial charge on any atom is 0.154 e. The number of nitrogens with two attached hydrogens (primary N) is 1. The van der Waals surface area contributed by atoms with Crippen molar-refractivity contribution < 1.29 is 17.5 Å². The van der Waals surface area contributed by atoms with Crippen LogP contribution in [0.3, 0.4) is 0 Å². The van der Waals surface area contributed by atoms with Crippen LogP contribution in [0.5, 0.6) is 0 Å². The van der Waals surface area contributed by atoms with Crippen molar-refractivity contribution in [1.82, 2.24) is 0 Å². The van der Waals surface area contributed by atoms with E-state index in [4.69, 9.17) is 22.7 Å². The van der Waals surface area contributed by atoms with Crippen LogP contribution in [0.4, 0.5) is 4.39 Å². The molecule has 0 spiro atoms. The first-order chi connectivity index (χ1) is 10.3. The Hall–Kier alpha value is -1.05. The molecule has 1 aliphatic rings. The van der Waals surface area contributed by atoms with Gasteiger partial charge in [0, 0.05) is 18.3 Å². The van der Waals surface area contributed by atoms with E-state index in [0.717, 1.165) is 0 Å². The molecule has 0 amide bonds. The van der Waals surface area contributed by atoms with Crippen LogP contribution in [0.1, 0.15) is 25.3 Å². The first-order valence-electron chi connectivity index (χ1n) is 7.16. The number of ether oxygens (including phenoxy) is 1. The molecule has 3 atom stereocenters. The lowest BCUT2D eigenvalue weighted by Gasteiger charge is -2.16. The van der Waals surface area contributed by atoms with Crippen molar-refractivity contribution in [3.05, 3.63) is 35.6 Å². The highest BCUT2D eigenvalue weighted by atomic mass is 32.2. The topological polar surface area (TPSA) is 69.4 Å². The van der Waals surface area contributed by atoms with E-state index in [1.807, 2.05) is 6.92 Å². The van der Waals surface area contributed by atoms with Gasteiger partial charge < -0.3 is 10.5 Å². The van der Waals surface area contributed by atoms with E-state index in [0.29, 0.717) is 12.2 Å². The van der Waals surface area contributed by atoms with Crippen LogP contribution in [0.25, 0.3) is 0 Å². The maximum absolute atomic E-state index is 13.5. The van der Waals surface area contributed by atoms with Crippen LogP contribution >= 0.6 is 12.2 Å². The van der Waals surface area contributed by atoms with Crippen LogP contribution in [-0.2, 0) is 14.6 Å². The number of hydrogen-bond donors (Lipinski definition) is 1. The van der Waals surface area contributed by atoms with Crippen molar-refractivity contribution >= 4 is 27.0 Å². The first kappa shape index (κ1) is 17.3. The monoisotopic (exact) mass is 345 g/mol. The van der Waals surface area contributed by atoms with Crippen molar-refractivity contribution in [1.29, 1.82) is 0 Å². The van der Waals surface area contributed by atoms with E-state index < -0.39 is 32.2 Å². The molecule has 4 nitrogen and oxygen atoms in total. The van der Waals surface area contributed by atoms with Crippen LogP contribution in [0.2, 0.25) is 0 Å². The molecule has 3 unspecified atom stereocenters. The molecule has 0 aliphatic heterocycles. The summed E-state index contributed by atoms with van der Waals surface area (Å²) in [6.07, 6.45) is 0. The summed E-state index contributed by atoms with van der Waals surface area (Å²) < 4.78 is 43.9. The summed E-state index contributed by atoms with van der Waals surface area (Å²) in [5, 5.41) is -0.754. The zero-order chi connectivity index (χ0) is 16.5. The zero-order valence-corrected chi connectivity index (χ0v) is 14.2. The highest BCUT2D eigenvalue weighted by molar-refractivity contribution is 7.92. The number of sulfone groups is 1. The summed E-state index contributed by atoms with van der Waals surface area (Å²) >= 11 is 5.15. The Morgan fingerprint density at radius 3 is 2.64 bits per heavy atom. The molecule has 1 aliphatic carbocycles. The van der Waals surface area contributed by atoms with Crippen LogP contribution in [0.15, 0.2) is 24.3 Å². The Morgan fingerprint density at radius 2 is 2.14 bits per heavy atom. The third-order valence-corrected chi connectivity index (χ3v) is 6.91. The van der Waals surface area contributed by atoms with E-state index >= 15 is 0 Å². The molecule has 122 valence electrons. The van der Waals surface area contributed by atoms with Gasteiger partial charge in [-0.15, -0.1) is 0 Å². The molecule has 0 heterocycles. The van der Waals surface area contributed by atoms with Crippen molar-refractivity contribution in [2.24, 2.45) is 11.1 Å². The fourth-order valence-electron chi connectivity index (χ4n) is 3.09. The van der Waals surface area contributed by atoms with Gasteiger partial charge in [-0.25, -0.2) is 12.8 Å². The smallest absolute Gasteiger partial charge is 0.154 e. The number of halogens is 1. The van der Waals surface area contributed by atoms with Gasteiger partial charge in [-0.05, 0) is 24.6 Å². The molecular formula is C15H20FNO3S2. The number of benzene rings is 1. The first-order valence-corrected chi connectivity index (χ1v) is 9.28. The minimum absolute atomic E-state index is 0.0139. The van der Waals surface area contributed by atoms with Crippen LogP contribution in [0, 0.1) is 11.2 Å². The largest absolute Gasteiger partial charge is 0.393 e. The van der Waals surface area contributed by atoms with Gasteiger partial charge in [0.05, 0.1) is 22.3 Å². The van der Waals surface area contributed by atoms with E-state index in [9.17, 15) is 12.8 Å². The average Bonchev–Trinajstić information content (AvgIpc) is 3.16. The van der Waals surface area contributed by atoms with E-state index in [-0.39, 0.29) is 17.3 Å². The summed E-state index contributed by atoms with van der Waals surface area (Å²) in [4.78, 5) is 0.109. The van der Waals surface area contributed by atoms with Gasteiger partial charge in [-0.3, -0.25) is 0 Å². The molecule has 22 heavy (non-hydrogen) atoms. The fourth-order valence-corrected chi connectivity index (χ4v) is 5.56. The zero-order valence-electron chi connectivity index (χ0n) is 12.6. The minimum Gasteiger partial charge on any atom is -0.393 e. The minimum atomic E-state index is -3.39. The summed E-state index contributed by atoms with van der Waals surface area (Å²) in [7, 11) is -3.39. The molecular weight excluding hydrogens is 325 g/mol. The van der Waals surface area contributed by atoms with E-state index in [2.05, 4.69) is 0 Å². The molecule has 1 saturated carbocycles. The molecule has 2 rings (SSSR count). The summed E-state index contributed by atoms with van der Waals surface area (Å²) in [5.41, 5.74) is 5.52. The van der Waals surface area contributed by atoms with Crippen molar-refractivity contribution in [3.63, 3.8) is 0 Å². The van der Waals surface area contributed by atoms with Crippen molar-refractivity contribution in [2.45, 2.75) is 25.0 Å². The normalized spacial score (nSPS) is 27.6. The standard InChI is InChI=1S/C15H20FNO3S2/c1-3-20-9-15(14(17)21)12(13(15)22(18,19)4-2)10-6-5-7-11(16)8-10/h5-8,12-13H,3-4,9H2,1-2H3,(H2,17,21). The summed E-state index contributed by atoms with van der Waals surface area (Å²) in [5.74, 6) is -0.887. The Balaban J connectivity index is 2.51. The van der Waals surface area contributed by atoms with Crippen molar-refractivity contribution in [3.8, 4) is 0 Å². The van der Waals surface area contributed by atoms with E-state index in [1.54, 1.807) is 19.1 Å². The second kappa shape index (κ2) is 6.22. The molecule has 1 fully saturated rings. The van der Waals surface area contributed by atoms with Crippen molar-refractivity contribution in [2.75, 3.05) is 19.0 Å². The van der Waals surface area contributed by atoms with Crippen LogP contribution in [-0.4, -0.2) is 37.6 Å². The average molecular weight is 345 g/mol. The highest BCUT2D eigenvalue weighted by Crippen LogP contribution is 2.63. The molecule has 0 aromatic heterocycles. The fraction of sp³-hybridized carbons (Fsp3) is 0.533. The SMILES string of the molecule is CCOCC1(C(N)=S)C(c2cccc(F)c2)C1S(=O)(=O)CC. The van der Waals surface area contributed by atoms with Crippen LogP contribution < -0.4 is 5.73 Å². The molecule has 1 aromatic rings. The predicted molar refractivity (Wildman–Crippen MR) is 88.1 cm³/mol. The molecule has 0 radical (unpaired) electrons. The lowest BCUT2D eigenvalue weighted by atomic mass is 10.00. The van der Waals surface area contributed by atoms with Gasteiger partial charge in [0.1, 0.15) is 5.82 Å².